The fourth-order valence-corrected chi connectivity index (χ4v) is 3.35. The zero-order valence-corrected chi connectivity index (χ0v) is 17.7. The smallest absolute Gasteiger partial charge is 0.262 e. The molecule has 0 radical (unpaired) electrons. The van der Waals surface area contributed by atoms with Gasteiger partial charge in [0.2, 0.25) is 0 Å². The van der Waals surface area contributed by atoms with Crippen molar-refractivity contribution in [1.29, 1.82) is 5.26 Å². The van der Waals surface area contributed by atoms with Crippen molar-refractivity contribution in [3.63, 3.8) is 0 Å². The summed E-state index contributed by atoms with van der Waals surface area (Å²) < 4.78 is 11.5. The normalized spacial score (nSPS) is 10.4. The molecule has 0 saturated heterocycles. The van der Waals surface area contributed by atoms with E-state index in [9.17, 15) is 4.79 Å². The predicted octanol–water partition coefficient (Wildman–Crippen LogP) is 5.36. The molecular formula is C25H18ClN3O3. The Kier molecular flexibility index (Phi) is 6.49. The first-order valence-electron chi connectivity index (χ1n) is 9.80. The molecule has 0 aliphatic carbocycles. The maximum atomic E-state index is 12.4. The highest BCUT2D eigenvalue weighted by Crippen LogP contribution is 2.29. The molecule has 32 heavy (non-hydrogen) atoms. The zero-order valence-electron chi connectivity index (χ0n) is 16.9. The van der Waals surface area contributed by atoms with Gasteiger partial charge in [-0.25, -0.2) is 0 Å². The molecule has 0 aliphatic rings. The molecule has 7 heteroatoms. The summed E-state index contributed by atoms with van der Waals surface area (Å²) in [5, 5.41) is 13.1. The summed E-state index contributed by atoms with van der Waals surface area (Å²) in [5.74, 6) is 0.763. The molecular weight excluding hydrogens is 426 g/mol. The largest absolute Gasteiger partial charge is 0.489 e. The highest BCUT2D eigenvalue weighted by molar-refractivity contribution is 6.35. The Morgan fingerprint density at radius 1 is 1.03 bits per heavy atom. The number of amides is 1. The first kappa shape index (κ1) is 21.2. The van der Waals surface area contributed by atoms with E-state index in [2.05, 4.69) is 16.4 Å². The number of ether oxygens (including phenoxy) is 2. The summed E-state index contributed by atoms with van der Waals surface area (Å²) >= 11 is 6.19. The number of nitrogens with zero attached hydrogens (tertiary/aromatic N) is 2. The van der Waals surface area contributed by atoms with E-state index in [0.717, 1.165) is 10.9 Å². The third-order valence-corrected chi connectivity index (χ3v) is 4.95. The summed E-state index contributed by atoms with van der Waals surface area (Å²) in [6.45, 7) is 0.131. The molecule has 0 aliphatic heterocycles. The number of rotatable bonds is 7. The zero-order chi connectivity index (χ0) is 22.3. The minimum absolute atomic E-state index is 0.181. The number of halogens is 1. The van der Waals surface area contributed by atoms with E-state index in [4.69, 9.17) is 26.3 Å². The average molecular weight is 444 g/mol. The molecule has 0 bridgehead atoms. The summed E-state index contributed by atoms with van der Waals surface area (Å²) in [5.41, 5.74) is 2.65. The Morgan fingerprint density at radius 3 is 2.78 bits per heavy atom. The summed E-state index contributed by atoms with van der Waals surface area (Å²) in [6.07, 6.45) is 1.65. The molecule has 0 fully saturated rings. The van der Waals surface area contributed by atoms with Crippen LogP contribution < -0.4 is 14.8 Å². The quantitative estimate of drug-likeness (QED) is 0.416. The van der Waals surface area contributed by atoms with Gasteiger partial charge in [-0.1, -0.05) is 29.8 Å². The molecule has 1 amide bonds. The highest BCUT2D eigenvalue weighted by atomic mass is 35.5. The van der Waals surface area contributed by atoms with Crippen LogP contribution in [0.5, 0.6) is 11.5 Å². The van der Waals surface area contributed by atoms with Crippen molar-refractivity contribution < 1.29 is 14.3 Å². The Morgan fingerprint density at radius 2 is 1.91 bits per heavy atom. The van der Waals surface area contributed by atoms with E-state index in [1.54, 1.807) is 60.8 Å². The Hall–Kier alpha value is -4.08. The number of hydrogen-bond donors (Lipinski definition) is 1. The van der Waals surface area contributed by atoms with E-state index in [0.29, 0.717) is 39.9 Å². The van der Waals surface area contributed by atoms with Crippen LogP contribution in [0.1, 0.15) is 11.1 Å². The standard InChI is InChI=1S/C25H18ClN3O3/c26-22-9-10-23(25-21(22)8-3-11-28-25)32-16-24(30)29-19-6-2-7-20(13-19)31-15-18-5-1-4-17(12-18)14-27/h1-13H,15-16H2,(H,29,30). The Bertz CT molecular complexity index is 1320. The lowest BCUT2D eigenvalue weighted by molar-refractivity contribution is -0.118. The summed E-state index contributed by atoms with van der Waals surface area (Å²) in [7, 11) is 0. The SMILES string of the molecule is N#Cc1cccc(COc2cccc(NC(=O)COc3ccc(Cl)c4cccnc34)c2)c1. The average Bonchev–Trinajstić information content (AvgIpc) is 2.83. The number of aromatic nitrogens is 1. The van der Waals surface area contributed by atoms with E-state index in [1.165, 1.54) is 0 Å². The van der Waals surface area contributed by atoms with Crippen LogP contribution in [-0.4, -0.2) is 17.5 Å². The number of fused-ring (bicyclic) bond motifs is 1. The van der Waals surface area contributed by atoms with Crippen molar-refractivity contribution in [2.45, 2.75) is 6.61 Å². The summed E-state index contributed by atoms with van der Waals surface area (Å²) in [6, 6.07) is 23.4. The summed E-state index contributed by atoms with van der Waals surface area (Å²) in [4.78, 5) is 16.7. The number of benzene rings is 3. The van der Waals surface area contributed by atoms with Crippen LogP contribution in [0.15, 0.2) is 79.0 Å². The lowest BCUT2D eigenvalue weighted by Crippen LogP contribution is -2.20. The monoisotopic (exact) mass is 443 g/mol. The highest BCUT2D eigenvalue weighted by Gasteiger charge is 2.10. The van der Waals surface area contributed by atoms with Gasteiger partial charge in [0.15, 0.2) is 6.61 Å². The van der Waals surface area contributed by atoms with Crippen LogP contribution in [-0.2, 0) is 11.4 Å². The predicted molar refractivity (Wildman–Crippen MR) is 123 cm³/mol. The molecule has 0 atom stereocenters. The molecule has 0 unspecified atom stereocenters. The van der Waals surface area contributed by atoms with Crippen LogP contribution in [0.2, 0.25) is 5.02 Å². The number of nitriles is 1. The van der Waals surface area contributed by atoms with Gasteiger partial charge in [-0.15, -0.1) is 0 Å². The molecule has 1 aromatic heterocycles. The minimum atomic E-state index is -0.317. The molecule has 4 aromatic rings. The van der Waals surface area contributed by atoms with Crippen LogP contribution in [0, 0.1) is 11.3 Å². The lowest BCUT2D eigenvalue weighted by Gasteiger charge is -2.11. The maximum absolute atomic E-state index is 12.4. The van der Waals surface area contributed by atoms with Crippen LogP contribution >= 0.6 is 11.6 Å². The lowest BCUT2D eigenvalue weighted by atomic mass is 10.1. The number of nitrogens with one attached hydrogen (secondary N) is 1. The van der Waals surface area contributed by atoms with Crippen LogP contribution in [0.3, 0.4) is 0 Å². The number of anilines is 1. The fraction of sp³-hybridized carbons (Fsp3) is 0.0800. The van der Waals surface area contributed by atoms with E-state index < -0.39 is 0 Å². The number of pyridine rings is 1. The van der Waals surface area contributed by atoms with Gasteiger partial charge in [0.25, 0.3) is 5.91 Å². The molecule has 3 aromatic carbocycles. The number of carbonyl (C=O) groups excluding carboxylic acids is 1. The van der Waals surface area contributed by atoms with Gasteiger partial charge in [-0.2, -0.15) is 5.26 Å². The van der Waals surface area contributed by atoms with Gasteiger partial charge < -0.3 is 14.8 Å². The number of carbonyl (C=O) groups is 1. The molecule has 1 N–H and O–H groups in total. The topological polar surface area (TPSA) is 84.2 Å². The third-order valence-electron chi connectivity index (χ3n) is 4.62. The minimum Gasteiger partial charge on any atom is -0.489 e. The van der Waals surface area contributed by atoms with Gasteiger partial charge >= 0.3 is 0 Å². The Balaban J connectivity index is 1.36. The van der Waals surface area contributed by atoms with Crippen molar-refractivity contribution >= 4 is 34.1 Å². The van der Waals surface area contributed by atoms with Crippen molar-refractivity contribution in [3.05, 3.63) is 95.1 Å². The van der Waals surface area contributed by atoms with Crippen molar-refractivity contribution in [2.75, 3.05) is 11.9 Å². The third kappa shape index (κ3) is 5.15. The second-order valence-electron chi connectivity index (χ2n) is 6.91. The van der Waals surface area contributed by atoms with Gasteiger partial charge in [0.1, 0.15) is 23.6 Å². The molecule has 4 rings (SSSR count). The van der Waals surface area contributed by atoms with Gasteiger partial charge in [0, 0.05) is 23.3 Å². The van der Waals surface area contributed by atoms with Crippen LogP contribution in [0.4, 0.5) is 5.69 Å². The fourth-order valence-electron chi connectivity index (χ4n) is 3.13. The van der Waals surface area contributed by atoms with Crippen molar-refractivity contribution in [2.24, 2.45) is 0 Å². The number of hydrogen-bond acceptors (Lipinski definition) is 5. The molecule has 1 heterocycles. The van der Waals surface area contributed by atoms with E-state index in [-0.39, 0.29) is 12.5 Å². The molecule has 0 spiro atoms. The maximum Gasteiger partial charge on any atom is 0.262 e. The van der Waals surface area contributed by atoms with E-state index in [1.807, 2.05) is 18.2 Å². The van der Waals surface area contributed by atoms with E-state index >= 15 is 0 Å². The molecule has 158 valence electrons. The molecule has 0 saturated carbocycles. The van der Waals surface area contributed by atoms with Gasteiger partial charge in [-0.05, 0) is 54.1 Å². The van der Waals surface area contributed by atoms with Crippen molar-refractivity contribution in [3.8, 4) is 17.6 Å². The second-order valence-corrected chi connectivity index (χ2v) is 7.32. The van der Waals surface area contributed by atoms with Gasteiger partial charge in [-0.3, -0.25) is 9.78 Å². The second kappa shape index (κ2) is 9.82. The first-order valence-corrected chi connectivity index (χ1v) is 10.2. The first-order chi connectivity index (χ1) is 15.6. The van der Waals surface area contributed by atoms with Crippen molar-refractivity contribution in [1.82, 2.24) is 4.98 Å². The molecule has 6 nitrogen and oxygen atoms in total. The van der Waals surface area contributed by atoms with Gasteiger partial charge in [0.05, 0.1) is 16.7 Å². The Labute approximate surface area is 190 Å². The van der Waals surface area contributed by atoms with Crippen LogP contribution in [0.25, 0.3) is 10.9 Å².